The molecule has 0 saturated carbocycles. The number of hydrogen-bond acceptors (Lipinski definition) is 2. The number of ether oxygens (including phenoxy) is 1. The molecule has 1 aromatic carbocycles. The molecule has 0 heterocycles. The van der Waals surface area contributed by atoms with Crippen LogP contribution in [0.4, 0.5) is 0 Å². The molecule has 3 heteroatoms. The monoisotopic (exact) mass is 313 g/mol. The minimum absolute atomic E-state index is 0.118. The van der Waals surface area contributed by atoms with Crippen LogP contribution in [0.1, 0.15) is 43.0 Å². The second-order valence-corrected chi connectivity index (χ2v) is 5.58. The van der Waals surface area contributed by atoms with Crippen LogP contribution < -0.4 is 0 Å². The quantitative estimate of drug-likeness (QED) is 0.570. The van der Waals surface area contributed by atoms with Crippen molar-refractivity contribution in [2.24, 2.45) is 5.92 Å². The third-order valence-electron chi connectivity index (χ3n) is 3.14. The van der Waals surface area contributed by atoms with E-state index in [1.54, 1.807) is 0 Å². The Morgan fingerprint density at radius 2 is 2.00 bits per heavy atom. The summed E-state index contributed by atoms with van der Waals surface area (Å²) >= 11 is 3.22. The number of methoxy groups -OCH3 is 1. The molecule has 0 spiro atoms. The molecular formula is C15H21O2Se. The molecule has 0 aliphatic carbocycles. The van der Waals surface area contributed by atoms with Gasteiger partial charge in [-0.25, -0.2) is 0 Å². The first kappa shape index (κ1) is 15.3. The van der Waals surface area contributed by atoms with Gasteiger partial charge >= 0.3 is 118 Å². The van der Waals surface area contributed by atoms with Gasteiger partial charge in [-0.1, -0.05) is 0 Å². The first-order chi connectivity index (χ1) is 8.69. The van der Waals surface area contributed by atoms with Crippen molar-refractivity contribution in [1.29, 1.82) is 0 Å². The van der Waals surface area contributed by atoms with Gasteiger partial charge in [-0.3, -0.25) is 0 Å². The van der Waals surface area contributed by atoms with E-state index in [1.165, 1.54) is 12.7 Å². The topological polar surface area (TPSA) is 26.3 Å². The van der Waals surface area contributed by atoms with E-state index in [9.17, 15) is 4.79 Å². The predicted molar refractivity (Wildman–Crippen MR) is 74.6 cm³/mol. The molecular weight excluding hydrogens is 291 g/mol. The standard InChI is InChI=1S/C15H21O2Se/c1-3-4-8-13(11-14(16)17-2)15(18)12-9-6-5-7-10-12/h5-7,9-10,13,15H,3-4,8,11H2,1-2H3. The summed E-state index contributed by atoms with van der Waals surface area (Å²) in [6, 6.07) is 10.3. The number of rotatable bonds is 7. The van der Waals surface area contributed by atoms with Gasteiger partial charge in [-0.15, -0.1) is 0 Å². The summed E-state index contributed by atoms with van der Waals surface area (Å²) in [5, 5.41) is 0. The average molecular weight is 312 g/mol. The van der Waals surface area contributed by atoms with Gasteiger partial charge in [0.15, 0.2) is 0 Å². The summed E-state index contributed by atoms with van der Waals surface area (Å²) in [7, 11) is 1.45. The molecule has 18 heavy (non-hydrogen) atoms. The van der Waals surface area contributed by atoms with E-state index in [-0.39, 0.29) is 10.8 Å². The van der Waals surface area contributed by atoms with Crippen LogP contribution in [0.2, 0.25) is 0 Å². The first-order valence-electron chi connectivity index (χ1n) is 6.46. The molecule has 0 fully saturated rings. The number of hydrogen-bond donors (Lipinski definition) is 0. The summed E-state index contributed by atoms with van der Waals surface area (Å²) in [5.74, 6) is 0.201. The Balaban J connectivity index is 2.71. The van der Waals surface area contributed by atoms with Crippen molar-refractivity contribution in [2.45, 2.75) is 37.4 Å². The number of carbonyl (C=O) groups excluding carboxylic acids is 1. The van der Waals surface area contributed by atoms with Crippen LogP contribution in [0.15, 0.2) is 30.3 Å². The molecule has 1 aromatic rings. The van der Waals surface area contributed by atoms with E-state index in [0.717, 1.165) is 19.3 Å². The van der Waals surface area contributed by atoms with Crippen LogP contribution in [-0.2, 0) is 9.53 Å². The zero-order valence-corrected chi connectivity index (χ0v) is 12.8. The third kappa shape index (κ3) is 4.83. The second-order valence-electron chi connectivity index (χ2n) is 4.51. The maximum absolute atomic E-state index is 11.5. The van der Waals surface area contributed by atoms with Crippen molar-refractivity contribution in [3.05, 3.63) is 35.9 Å². The number of benzene rings is 1. The van der Waals surface area contributed by atoms with Crippen molar-refractivity contribution < 1.29 is 9.53 Å². The van der Waals surface area contributed by atoms with E-state index < -0.39 is 0 Å². The van der Waals surface area contributed by atoms with Gasteiger partial charge in [0.1, 0.15) is 0 Å². The fourth-order valence-electron chi connectivity index (χ4n) is 2.04. The molecule has 1 radical (unpaired) electrons. The van der Waals surface area contributed by atoms with Crippen molar-refractivity contribution in [3.63, 3.8) is 0 Å². The zero-order valence-electron chi connectivity index (χ0n) is 11.1. The summed E-state index contributed by atoms with van der Waals surface area (Å²) in [6.45, 7) is 2.17. The summed E-state index contributed by atoms with van der Waals surface area (Å²) in [5.41, 5.74) is 1.25. The molecule has 0 aliphatic heterocycles. The Labute approximate surface area is 118 Å². The molecule has 0 amide bonds. The van der Waals surface area contributed by atoms with Gasteiger partial charge in [-0.05, 0) is 0 Å². The summed E-state index contributed by atoms with van der Waals surface area (Å²) < 4.78 is 4.79. The van der Waals surface area contributed by atoms with E-state index >= 15 is 0 Å². The Morgan fingerprint density at radius 3 is 2.56 bits per heavy atom. The fourth-order valence-corrected chi connectivity index (χ4v) is 2.86. The van der Waals surface area contributed by atoms with Crippen molar-refractivity contribution >= 4 is 22.0 Å². The van der Waals surface area contributed by atoms with Gasteiger partial charge in [-0.2, -0.15) is 0 Å². The zero-order chi connectivity index (χ0) is 13.4. The molecule has 2 atom stereocenters. The molecule has 0 saturated heterocycles. The van der Waals surface area contributed by atoms with Gasteiger partial charge in [0.25, 0.3) is 0 Å². The minimum atomic E-state index is -0.118. The molecule has 0 aliphatic rings. The Kier molecular flexibility index (Phi) is 7.07. The van der Waals surface area contributed by atoms with Crippen LogP contribution in [0.5, 0.6) is 0 Å². The van der Waals surface area contributed by atoms with Gasteiger partial charge in [0, 0.05) is 0 Å². The van der Waals surface area contributed by atoms with Crippen LogP contribution >= 0.6 is 0 Å². The van der Waals surface area contributed by atoms with Crippen molar-refractivity contribution in [3.8, 4) is 0 Å². The van der Waals surface area contributed by atoms with E-state index in [2.05, 4.69) is 35.1 Å². The van der Waals surface area contributed by atoms with Crippen molar-refractivity contribution in [1.82, 2.24) is 0 Å². The average Bonchev–Trinajstić information content (AvgIpc) is 2.43. The predicted octanol–water partition coefficient (Wildman–Crippen LogP) is 3.27. The van der Waals surface area contributed by atoms with Gasteiger partial charge in [0.05, 0.1) is 0 Å². The van der Waals surface area contributed by atoms with Crippen LogP contribution in [-0.4, -0.2) is 29.1 Å². The van der Waals surface area contributed by atoms with Crippen molar-refractivity contribution in [2.75, 3.05) is 7.11 Å². The number of unbranched alkanes of at least 4 members (excludes halogenated alkanes) is 1. The Hall–Kier alpha value is -0.791. The van der Waals surface area contributed by atoms with Crippen LogP contribution in [0.3, 0.4) is 0 Å². The number of esters is 1. The Bertz CT molecular complexity index is 351. The van der Waals surface area contributed by atoms with Gasteiger partial charge in [0.2, 0.25) is 0 Å². The molecule has 2 unspecified atom stereocenters. The normalized spacial score (nSPS) is 13.9. The second kappa shape index (κ2) is 8.34. The third-order valence-corrected chi connectivity index (χ3v) is 4.52. The molecule has 0 bridgehead atoms. The van der Waals surface area contributed by atoms with Crippen LogP contribution in [0, 0.1) is 5.92 Å². The molecule has 1 rings (SSSR count). The first-order valence-corrected chi connectivity index (χ1v) is 7.45. The fraction of sp³-hybridized carbons (Fsp3) is 0.533. The SMILES string of the molecule is CCCCC(CC(=O)OC)C([Se])c1ccccc1. The van der Waals surface area contributed by atoms with E-state index in [0.29, 0.717) is 12.3 Å². The van der Waals surface area contributed by atoms with Gasteiger partial charge < -0.3 is 0 Å². The van der Waals surface area contributed by atoms with Crippen LogP contribution in [0.25, 0.3) is 0 Å². The Morgan fingerprint density at radius 1 is 1.33 bits per heavy atom. The molecule has 2 nitrogen and oxygen atoms in total. The number of carbonyl (C=O) groups is 1. The summed E-state index contributed by atoms with van der Waals surface area (Å²) in [6.07, 6.45) is 3.84. The summed E-state index contributed by atoms with van der Waals surface area (Å²) in [4.78, 5) is 11.8. The molecule has 0 aromatic heterocycles. The molecule has 0 N–H and O–H groups in total. The van der Waals surface area contributed by atoms with E-state index in [1.807, 2.05) is 18.2 Å². The van der Waals surface area contributed by atoms with E-state index in [4.69, 9.17) is 4.74 Å². The molecule has 99 valence electrons. The maximum atomic E-state index is 11.5.